The van der Waals surface area contributed by atoms with Crippen LogP contribution in [0.4, 0.5) is 17.6 Å². The summed E-state index contributed by atoms with van der Waals surface area (Å²) in [5.74, 6) is -4.17. The van der Waals surface area contributed by atoms with Gasteiger partial charge < -0.3 is 10.1 Å². The van der Waals surface area contributed by atoms with E-state index in [9.17, 15) is 17.6 Å². The molecule has 1 heterocycles. The van der Waals surface area contributed by atoms with Crippen LogP contribution in [0.3, 0.4) is 0 Å². The monoisotopic (exact) mass is 308 g/mol. The van der Waals surface area contributed by atoms with Crippen molar-refractivity contribution in [3.05, 3.63) is 23.4 Å². The van der Waals surface area contributed by atoms with E-state index in [1.54, 1.807) is 0 Å². The van der Waals surface area contributed by atoms with E-state index in [-0.39, 0.29) is 11.8 Å². The third-order valence-corrected chi connectivity index (χ3v) is 2.78. The van der Waals surface area contributed by atoms with E-state index in [1.165, 1.54) is 6.07 Å². The predicted octanol–water partition coefficient (Wildman–Crippen LogP) is 3.59. The smallest absolute Gasteiger partial charge is 0.340 e. The summed E-state index contributed by atoms with van der Waals surface area (Å²) >= 11 is 0. The van der Waals surface area contributed by atoms with Crippen molar-refractivity contribution in [1.82, 2.24) is 10.3 Å². The average Bonchev–Trinajstić information content (AvgIpc) is 2.42. The molecule has 0 saturated heterocycles. The van der Waals surface area contributed by atoms with Gasteiger partial charge in [-0.05, 0) is 24.1 Å². The lowest BCUT2D eigenvalue weighted by Gasteiger charge is -2.17. The Morgan fingerprint density at radius 3 is 2.48 bits per heavy atom. The molecule has 1 N–H and O–H groups in total. The van der Waals surface area contributed by atoms with Crippen molar-refractivity contribution in [3.8, 4) is 5.88 Å². The Hall–Kier alpha value is -1.37. The first-order valence-electron chi connectivity index (χ1n) is 6.76. The molecule has 0 atom stereocenters. The topological polar surface area (TPSA) is 34.1 Å². The van der Waals surface area contributed by atoms with Gasteiger partial charge in [-0.15, -0.1) is 0 Å². The van der Waals surface area contributed by atoms with Crippen molar-refractivity contribution in [3.63, 3.8) is 0 Å². The number of pyridine rings is 1. The maximum Gasteiger partial charge on any atom is 0.340 e. The molecule has 3 nitrogen and oxygen atoms in total. The minimum absolute atomic E-state index is 0.0607. The van der Waals surface area contributed by atoms with Gasteiger partial charge in [-0.25, -0.2) is 13.8 Å². The quantitative estimate of drug-likeness (QED) is 0.745. The number of hydrogen-bond acceptors (Lipinski definition) is 3. The molecular weight excluding hydrogens is 288 g/mol. The van der Waals surface area contributed by atoms with Gasteiger partial charge in [0.2, 0.25) is 5.88 Å². The third kappa shape index (κ3) is 5.49. The fraction of sp³-hybridized carbons (Fsp3) is 0.643. The maximum absolute atomic E-state index is 12.9. The van der Waals surface area contributed by atoms with Crippen LogP contribution in [0.2, 0.25) is 0 Å². The molecule has 1 aromatic heterocycles. The summed E-state index contributed by atoms with van der Waals surface area (Å²) in [5, 5.41) is 3.10. The largest absolute Gasteiger partial charge is 0.471 e. The Bertz CT molecular complexity index is 453. The van der Waals surface area contributed by atoms with E-state index in [0.29, 0.717) is 12.2 Å². The van der Waals surface area contributed by atoms with Crippen LogP contribution in [0, 0.1) is 0 Å². The highest BCUT2D eigenvalue weighted by molar-refractivity contribution is 5.26. The van der Waals surface area contributed by atoms with Crippen molar-refractivity contribution in [1.29, 1.82) is 0 Å². The van der Waals surface area contributed by atoms with E-state index in [2.05, 4.69) is 10.3 Å². The summed E-state index contributed by atoms with van der Waals surface area (Å²) in [6.07, 6.45) is -3.76. The number of alkyl halides is 4. The summed E-state index contributed by atoms with van der Waals surface area (Å²) in [5.41, 5.74) is 1.48. The highest BCUT2D eigenvalue weighted by atomic mass is 19.3. The van der Waals surface area contributed by atoms with Crippen LogP contribution in [-0.4, -0.2) is 30.5 Å². The molecule has 0 bridgehead atoms. The summed E-state index contributed by atoms with van der Waals surface area (Å²) in [7, 11) is 0. The van der Waals surface area contributed by atoms with Crippen molar-refractivity contribution >= 4 is 0 Å². The van der Waals surface area contributed by atoms with Crippen LogP contribution in [0.5, 0.6) is 5.88 Å². The third-order valence-electron chi connectivity index (χ3n) is 2.78. The Morgan fingerprint density at radius 1 is 1.29 bits per heavy atom. The van der Waals surface area contributed by atoms with Crippen LogP contribution in [0.1, 0.15) is 37.9 Å². The van der Waals surface area contributed by atoms with Gasteiger partial charge in [0, 0.05) is 18.3 Å². The number of rotatable bonds is 8. The van der Waals surface area contributed by atoms with Gasteiger partial charge in [0.1, 0.15) is 0 Å². The Balaban J connectivity index is 2.87. The van der Waals surface area contributed by atoms with Gasteiger partial charge in [-0.3, -0.25) is 0 Å². The molecule has 0 aliphatic rings. The standard InChI is InChI=1S/C14H20F4N2O/c1-4-19-7-10-5-11(9(2)3)20-12(6-10)21-8-14(17,18)13(15)16/h5-6,9,13,19H,4,7-8H2,1-3H3. The highest BCUT2D eigenvalue weighted by Crippen LogP contribution is 2.25. The lowest BCUT2D eigenvalue weighted by Crippen LogP contribution is -2.34. The van der Waals surface area contributed by atoms with Gasteiger partial charge >= 0.3 is 12.3 Å². The van der Waals surface area contributed by atoms with Crippen LogP contribution >= 0.6 is 0 Å². The number of nitrogens with zero attached hydrogens (tertiary/aromatic N) is 1. The van der Waals surface area contributed by atoms with Crippen molar-refractivity contribution in [2.75, 3.05) is 13.2 Å². The zero-order valence-corrected chi connectivity index (χ0v) is 12.3. The minimum atomic E-state index is -4.18. The van der Waals surface area contributed by atoms with Gasteiger partial charge in [0.15, 0.2) is 6.61 Å². The molecule has 0 unspecified atom stereocenters. The second-order valence-corrected chi connectivity index (χ2v) is 5.02. The van der Waals surface area contributed by atoms with Gasteiger partial charge in [-0.1, -0.05) is 20.8 Å². The summed E-state index contributed by atoms with van der Waals surface area (Å²) in [6.45, 7) is 5.62. The molecule has 0 aliphatic carbocycles. The Morgan fingerprint density at radius 2 is 1.95 bits per heavy atom. The SMILES string of the molecule is CCNCc1cc(OCC(F)(F)C(F)F)nc(C(C)C)c1. The zero-order valence-electron chi connectivity index (χ0n) is 12.3. The van der Waals surface area contributed by atoms with Crippen LogP contribution in [-0.2, 0) is 6.54 Å². The summed E-state index contributed by atoms with van der Waals surface area (Å²) in [6, 6.07) is 3.32. The van der Waals surface area contributed by atoms with Crippen LogP contribution < -0.4 is 10.1 Å². The molecule has 1 aromatic rings. The molecule has 21 heavy (non-hydrogen) atoms. The molecule has 0 radical (unpaired) electrons. The molecular formula is C14H20F4N2O. The average molecular weight is 308 g/mol. The van der Waals surface area contributed by atoms with E-state index in [1.807, 2.05) is 26.8 Å². The van der Waals surface area contributed by atoms with Crippen LogP contribution in [0.15, 0.2) is 12.1 Å². The molecule has 0 saturated carbocycles. The fourth-order valence-corrected chi connectivity index (χ4v) is 1.56. The molecule has 0 aromatic carbocycles. The Labute approximate surface area is 121 Å². The number of hydrogen-bond donors (Lipinski definition) is 1. The first-order valence-corrected chi connectivity index (χ1v) is 6.76. The summed E-state index contributed by atoms with van der Waals surface area (Å²) < 4.78 is 54.7. The molecule has 7 heteroatoms. The van der Waals surface area contributed by atoms with Gasteiger partial charge in [0.05, 0.1) is 0 Å². The van der Waals surface area contributed by atoms with E-state index < -0.39 is 19.0 Å². The van der Waals surface area contributed by atoms with Crippen molar-refractivity contribution < 1.29 is 22.3 Å². The maximum atomic E-state index is 12.9. The highest BCUT2D eigenvalue weighted by Gasteiger charge is 2.41. The normalized spacial score (nSPS) is 12.2. The second kappa shape index (κ2) is 7.59. The minimum Gasteiger partial charge on any atom is -0.471 e. The number of aromatic nitrogens is 1. The lowest BCUT2D eigenvalue weighted by molar-refractivity contribution is -0.148. The first-order chi connectivity index (χ1) is 9.76. The molecule has 0 fully saturated rings. The molecule has 0 aliphatic heterocycles. The molecule has 120 valence electrons. The number of ether oxygens (including phenoxy) is 1. The number of halogens is 4. The summed E-state index contributed by atoms with van der Waals surface area (Å²) in [4.78, 5) is 4.08. The van der Waals surface area contributed by atoms with E-state index in [4.69, 9.17) is 4.74 Å². The second-order valence-electron chi connectivity index (χ2n) is 5.02. The fourth-order valence-electron chi connectivity index (χ4n) is 1.56. The molecule has 1 rings (SSSR count). The number of nitrogens with one attached hydrogen (secondary N) is 1. The lowest BCUT2D eigenvalue weighted by atomic mass is 10.1. The molecule has 0 amide bonds. The van der Waals surface area contributed by atoms with Crippen LogP contribution in [0.25, 0.3) is 0 Å². The van der Waals surface area contributed by atoms with Gasteiger partial charge in [-0.2, -0.15) is 8.78 Å². The van der Waals surface area contributed by atoms with E-state index >= 15 is 0 Å². The van der Waals surface area contributed by atoms with Crippen molar-refractivity contribution in [2.45, 2.75) is 45.6 Å². The Kier molecular flexibility index (Phi) is 6.39. The predicted molar refractivity (Wildman–Crippen MR) is 72.2 cm³/mol. The molecule has 0 spiro atoms. The van der Waals surface area contributed by atoms with Crippen molar-refractivity contribution in [2.24, 2.45) is 0 Å². The first kappa shape index (κ1) is 17.7. The zero-order chi connectivity index (χ0) is 16.0. The van der Waals surface area contributed by atoms with E-state index in [0.717, 1.165) is 12.1 Å². The van der Waals surface area contributed by atoms with Gasteiger partial charge in [0.25, 0.3) is 0 Å².